The Balaban J connectivity index is 2.25. The van der Waals surface area contributed by atoms with Crippen LogP contribution in [0.1, 0.15) is 0 Å². The van der Waals surface area contributed by atoms with E-state index in [0.29, 0.717) is 10.7 Å². The zero-order valence-electron chi connectivity index (χ0n) is 13.4. The monoisotopic (exact) mass is 417 g/mol. The van der Waals surface area contributed by atoms with Crippen LogP contribution in [0.2, 0.25) is 10.0 Å². The Hall–Kier alpha value is -3.22. The van der Waals surface area contributed by atoms with E-state index in [-0.39, 0.29) is 26.9 Å². The Morgan fingerprint density at radius 3 is 1.96 bits per heavy atom. The van der Waals surface area contributed by atoms with Gasteiger partial charge in [-0.05, 0) is 42.5 Å². The average Bonchev–Trinajstić information content (AvgIpc) is 2.65. The first kappa shape index (κ1) is 20.1. The third-order valence-corrected chi connectivity index (χ3v) is 5.33. The smallest absolute Gasteiger partial charge is 0.261 e. The molecule has 10 heteroatoms. The Labute approximate surface area is 165 Å². The van der Waals surface area contributed by atoms with E-state index in [2.05, 4.69) is 10.0 Å². The number of hydrogen-bond acceptors (Lipinski definition) is 6. The summed E-state index contributed by atoms with van der Waals surface area (Å²) in [5.74, 6) is 0. The highest BCUT2D eigenvalue weighted by Crippen LogP contribution is 2.27. The summed E-state index contributed by atoms with van der Waals surface area (Å²) in [5.41, 5.74) is -0.0305. The number of rotatable bonds is 5. The van der Waals surface area contributed by atoms with Crippen molar-refractivity contribution < 1.29 is 8.42 Å². The molecule has 0 aliphatic carbocycles. The first-order valence-electron chi connectivity index (χ1n) is 7.10. The number of nitrogens with one attached hydrogen (secondary N) is 2. The predicted molar refractivity (Wildman–Crippen MR) is 101 cm³/mol. The van der Waals surface area contributed by atoms with Crippen LogP contribution in [0, 0.1) is 34.0 Å². The normalized spacial score (nSPS) is 10.0. The number of hydrogen-bond donors (Lipinski definition) is 2. The second-order valence-electron chi connectivity index (χ2n) is 4.97. The van der Waals surface area contributed by atoms with E-state index in [1.165, 1.54) is 42.5 Å². The first-order chi connectivity index (χ1) is 12.8. The van der Waals surface area contributed by atoms with Crippen LogP contribution in [-0.4, -0.2) is 8.42 Å². The molecule has 0 bridgehead atoms. The van der Waals surface area contributed by atoms with Gasteiger partial charge in [0.2, 0.25) is 0 Å². The largest absolute Gasteiger partial charge is 0.345 e. The SMILES string of the molecule is N#CC(C#N)=C(C#N)Nc1ccc(S(=O)(=O)Nc2ccc(Cl)c(Cl)c2)cc1. The zero-order chi connectivity index (χ0) is 20.0. The number of sulfonamides is 1. The van der Waals surface area contributed by atoms with Gasteiger partial charge in [0.15, 0.2) is 5.57 Å². The van der Waals surface area contributed by atoms with Crippen molar-refractivity contribution >= 4 is 44.6 Å². The summed E-state index contributed by atoms with van der Waals surface area (Å²) in [6, 6.07) is 14.6. The lowest BCUT2D eigenvalue weighted by Gasteiger charge is -2.10. The molecule has 2 N–H and O–H groups in total. The van der Waals surface area contributed by atoms with Crippen LogP contribution in [0.5, 0.6) is 0 Å². The molecule has 0 saturated heterocycles. The van der Waals surface area contributed by atoms with Crippen molar-refractivity contribution in [3.63, 3.8) is 0 Å². The van der Waals surface area contributed by atoms with E-state index in [4.69, 9.17) is 39.0 Å². The lowest BCUT2D eigenvalue weighted by atomic mass is 10.2. The quantitative estimate of drug-likeness (QED) is 0.705. The fraction of sp³-hybridized carbons (Fsp3) is 0. The molecule has 7 nitrogen and oxygen atoms in total. The van der Waals surface area contributed by atoms with Crippen molar-refractivity contribution in [2.45, 2.75) is 4.90 Å². The van der Waals surface area contributed by atoms with E-state index in [9.17, 15) is 8.42 Å². The number of allylic oxidation sites excluding steroid dienone is 2. The summed E-state index contributed by atoms with van der Waals surface area (Å²) < 4.78 is 27.2. The molecule has 27 heavy (non-hydrogen) atoms. The summed E-state index contributed by atoms with van der Waals surface area (Å²) in [6.07, 6.45) is 0. The Morgan fingerprint density at radius 1 is 0.852 bits per heavy atom. The highest BCUT2D eigenvalue weighted by Gasteiger charge is 2.15. The van der Waals surface area contributed by atoms with Crippen molar-refractivity contribution in [1.29, 1.82) is 15.8 Å². The fourth-order valence-corrected chi connectivity index (χ4v) is 3.27. The van der Waals surface area contributed by atoms with Gasteiger partial charge in [0.05, 0.1) is 20.6 Å². The molecule has 0 radical (unpaired) electrons. The minimum Gasteiger partial charge on any atom is -0.345 e. The number of benzene rings is 2. The Bertz CT molecular complexity index is 1120. The van der Waals surface area contributed by atoms with Crippen LogP contribution in [0.3, 0.4) is 0 Å². The van der Waals surface area contributed by atoms with Crippen LogP contribution in [0.4, 0.5) is 11.4 Å². The average molecular weight is 418 g/mol. The van der Waals surface area contributed by atoms with Gasteiger partial charge in [-0.3, -0.25) is 4.72 Å². The number of nitrogens with zero attached hydrogens (tertiary/aromatic N) is 3. The zero-order valence-corrected chi connectivity index (χ0v) is 15.7. The van der Waals surface area contributed by atoms with E-state index in [0.717, 1.165) is 0 Å². The maximum atomic E-state index is 12.4. The highest BCUT2D eigenvalue weighted by atomic mass is 35.5. The van der Waals surface area contributed by atoms with Crippen LogP contribution in [0.15, 0.2) is 58.6 Å². The second kappa shape index (κ2) is 8.44. The van der Waals surface area contributed by atoms with Gasteiger partial charge >= 0.3 is 0 Å². The molecule has 0 fully saturated rings. The molecule has 0 aliphatic rings. The third-order valence-electron chi connectivity index (χ3n) is 3.19. The highest BCUT2D eigenvalue weighted by molar-refractivity contribution is 7.92. The van der Waals surface area contributed by atoms with Gasteiger partial charge < -0.3 is 5.32 Å². The molecule has 0 aromatic heterocycles. The van der Waals surface area contributed by atoms with Gasteiger partial charge in [0, 0.05) is 5.69 Å². The second-order valence-corrected chi connectivity index (χ2v) is 7.47. The maximum absolute atomic E-state index is 12.4. The molecular weight excluding hydrogens is 409 g/mol. The molecule has 2 aromatic carbocycles. The molecule has 0 heterocycles. The molecular formula is C17H9Cl2N5O2S. The fourth-order valence-electron chi connectivity index (χ4n) is 1.92. The molecule has 2 rings (SSSR count). The van der Waals surface area contributed by atoms with Crippen LogP contribution >= 0.6 is 23.2 Å². The van der Waals surface area contributed by atoms with Crippen LogP contribution in [0.25, 0.3) is 0 Å². The Morgan fingerprint density at radius 2 is 1.44 bits per heavy atom. The first-order valence-corrected chi connectivity index (χ1v) is 9.34. The van der Waals surface area contributed by atoms with E-state index in [1.54, 1.807) is 18.2 Å². The summed E-state index contributed by atoms with van der Waals surface area (Å²) >= 11 is 11.7. The van der Waals surface area contributed by atoms with E-state index >= 15 is 0 Å². The van der Waals surface area contributed by atoms with Crippen molar-refractivity contribution in [3.8, 4) is 18.2 Å². The van der Waals surface area contributed by atoms with E-state index < -0.39 is 10.0 Å². The molecule has 0 aliphatic heterocycles. The molecule has 0 spiro atoms. The van der Waals surface area contributed by atoms with Crippen molar-refractivity contribution in [2.24, 2.45) is 0 Å². The molecule has 0 atom stereocenters. The lowest BCUT2D eigenvalue weighted by molar-refractivity contribution is 0.601. The molecule has 2 aromatic rings. The van der Waals surface area contributed by atoms with Crippen LogP contribution in [-0.2, 0) is 10.0 Å². The third kappa shape index (κ3) is 4.91. The summed E-state index contributed by atoms with van der Waals surface area (Å²) in [6.45, 7) is 0. The topological polar surface area (TPSA) is 130 Å². The van der Waals surface area contributed by atoms with Gasteiger partial charge in [0.1, 0.15) is 23.9 Å². The van der Waals surface area contributed by atoms with Gasteiger partial charge in [-0.2, -0.15) is 15.8 Å². The Kier molecular flexibility index (Phi) is 6.28. The molecule has 0 amide bonds. The van der Waals surface area contributed by atoms with Gasteiger partial charge in [-0.1, -0.05) is 23.2 Å². The minimum atomic E-state index is -3.88. The summed E-state index contributed by atoms with van der Waals surface area (Å²) in [7, 11) is -3.88. The lowest BCUT2D eigenvalue weighted by Crippen LogP contribution is -2.13. The van der Waals surface area contributed by atoms with Crippen LogP contribution < -0.4 is 10.0 Å². The number of anilines is 2. The standard InChI is InChI=1S/C17H9Cl2N5O2S/c18-15-6-3-13(7-16(15)19)24-27(25,26)14-4-1-12(2-5-14)23-17(10-22)11(8-20)9-21/h1-7,23-24H. The summed E-state index contributed by atoms with van der Waals surface area (Å²) in [5, 5.41) is 29.7. The van der Waals surface area contributed by atoms with Crippen molar-refractivity contribution in [1.82, 2.24) is 0 Å². The molecule has 0 unspecified atom stereocenters. The minimum absolute atomic E-state index is 0.0394. The van der Waals surface area contributed by atoms with Gasteiger partial charge in [-0.25, -0.2) is 8.42 Å². The number of halogens is 2. The van der Waals surface area contributed by atoms with Gasteiger partial charge in [0.25, 0.3) is 10.0 Å². The summed E-state index contributed by atoms with van der Waals surface area (Å²) in [4.78, 5) is -0.0394. The molecule has 0 saturated carbocycles. The maximum Gasteiger partial charge on any atom is 0.261 e. The van der Waals surface area contributed by atoms with Gasteiger partial charge in [-0.15, -0.1) is 0 Å². The van der Waals surface area contributed by atoms with E-state index in [1.807, 2.05) is 0 Å². The number of nitriles is 3. The predicted octanol–water partition coefficient (Wildman–Crippen LogP) is 4.03. The van der Waals surface area contributed by atoms with Crippen molar-refractivity contribution in [2.75, 3.05) is 10.0 Å². The van der Waals surface area contributed by atoms with Crippen molar-refractivity contribution in [3.05, 3.63) is 63.8 Å². The molecule has 134 valence electrons.